The normalized spacial score (nSPS) is 29.5. The molecule has 3 heterocycles. The fourth-order valence-electron chi connectivity index (χ4n) is 3.01. The molecule has 19 heavy (non-hydrogen) atoms. The average Bonchev–Trinajstić information content (AvgIpc) is 3.10. The molecule has 2 saturated heterocycles. The van der Waals surface area contributed by atoms with Gasteiger partial charge >= 0.3 is 0 Å². The smallest absolute Gasteiger partial charge is 0.0949 e. The maximum Gasteiger partial charge on any atom is 0.0949 e. The molecule has 0 aromatic carbocycles. The van der Waals surface area contributed by atoms with Crippen LogP contribution in [0.4, 0.5) is 0 Å². The van der Waals surface area contributed by atoms with Crippen molar-refractivity contribution in [3.05, 3.63) is 18.2 Å². The van der Waals surface area contributed by atoms with Crippen LogP contribution in [0.2, 0.25) is 0 Å². The topological polar surface area (TPSA) is 62.3 Å². The molecule has 106 valence electrons. The SMILES string of the molecule is NC(c1cncn1CC1CCCCO1)C1CCOC1. The number of hydrogen-bond acceptors (Lipinski definition) is 4. The second-order valence-electron chi connectivity index (χ2n) is 5.61. The number of imidazole rings is 1. The van der Waals surface area contributed by atoms with E-state index in [1.165, 1.54) is 12.8 Å². The second-order valence-corrected chi connectivity index (χ2v) is 5.61. The van der Waals surface area contributed by atoms with Crippen LogP contribution < -0.4 is 5.73 Å². The van der Waals surface area contributed by atoms with Gasteiger partial charge in [0.1, 0.15) is 0 Å². The van der Waals surface area contributed by atoms with Crippen LogP contribution in [0.1, 0.15) is 37.4 Å². The summed E-state index contributed by atoms with van der Waals surface area (Å²) < 4.78 is 13.4. The summed E-state index contributed by atoms with van der Waals surface area (Å²) in [6.07, 6.45) is 8.72. The molecular weight excluding hydrogens is 242 g/mol. The minimum atomic E-state index is 0.0218. The highest BCUT2D eigenvalue weighted by Gasteiger charge is 2.27. The molecule has 0 saturated carbocycles. The minimum Gasteiger partial charge on any atom is -0.381 e. The first-order valence-corrected chi connectivity index (χ1v) is 7.29. The van der Waals surface area contributed by atoms with Gasteiger partial charge in [-0.15, -0.1) is 0 Å². The zero-order valence-electron chi connectivity index (χ0n) is 11.3. The van der Waals surface area contributed by atoms with Gasteiger partial charge in [-0.3, -0.25) is 0 Å². The summed E-state index contributed by atoms with van der Waals surface area (Å²) in [5.74, 6) is 0.419. The molecule has 1 aromatic heterocycles. The lowest BCUT2D eigenvalue weighted by atomic mass is 9.97. The molecule has 5 nitrogen and oxygen atoms in total. The summed E-state index contributed by atoms with van der Waals surface area (Å²) in [5.41, 5.74) is 7.48. The molecule has 2 aliphatic rings. The fourth-order valence-corrected chi connectivity index (χ4v) is 3.01. The molecule has 3 rings (SSSR count). The first-order valence-electron chi connectivity index (χ1n) is 7.29. The predicted molar refractivity (Wildman–Crippen MR) is 71.7 cm³/mol. The third-order valence-electron chi connectivity index (χ3n) is 4.23. The van der Waals surface area contributed by atoms with Gasteiger partial charge in [-0.2, -0.15) is 0 Å². The van der Waals surface area contributed by atoms with Crippen LogP contribution in [0, 0.1) is 5.92 Å². The van der Waals surface area contributed by atoms with Gasteiger partial charge in [0.25, 0.3) is 0 Å². The highest BCUT2D eigenvalue weighted by atomic mass is 16.5. The van der Waals surface area contributed by atoms with Gasteiger partial charge in [0.2, 0.25) is 0 Å². The van der Waals surface area contributed by atoms with Crippen molar-refractivity contribution in [3.8, 4) is 0 Å². The van der Waals surface area contributed by atoms with Crippen LogP contribution in [0.5, 0.6) is 0 Å². The Kier molecular flexibility index (Phi) is 4.15. The predicted octanol–water partition coefficient (Wildman–Crippen LogP) is 1.49. The Morgan fingerprint density at radius 2 is 2.32 bits per heavy atom. The third kappa shape index (κ3) is 2.99. The Balaban J connectivity index is 1.66. The molecule has 0 amide bonds. The van der Waals surface area contributed by atoms with E-state index in [-0.39, 0.29) is 6.04 Å². The van der Waals surface area contributed by atoms with Crippen LogP contribution in [-0.4, -0.2) is 35.5 Å². The van der Waals surface area contributed by atoms with Crippen molar-refractivity contribution in [2.75, 3.05) is 19.8 Å². The Labute approximate surface area is 114 Å². The molecular formula is C14H23N3O2. The Morgan fingerprint density at radius 3 is 3.05 bits per heavy atom. The number of ether oxygens (including phenoxy) is 2. The van der Waals surface area contributed by atoms with Crippen LogP contribution in [-0.2, 0) is 16.0 Å². The molecule has 2 N–H and O–H groups in total. The summed E-state index contributed by atoms with van der Waals surface area (Å²) >= 11 is 0. The zero-order valence-corrected chi connectivity index (χ0v) is 11.3. The van der Waals surface area contributed by atoms with E-state index in [4.69, 9.17) is 15.2 Å². The van der Waals surface area contributed by atoms with Crippen LogP contribution in [0.15, 0.2) is 12.5 Å². The van der Waals surface area contributed by atoms with Gasteiger partial charge < -0.3 is 19.8 Å². The molecule has 5 heteroatoms. The largest absolute Gasteiger partial charge is 0.381 e. The molecule has 2 aliphatic heterocycles. The maximum atomic E-state index is 6.37. The van der Waals surface area contributed by atoms with E-state index in [1.54, 1.807) is 0 Å². The molecule has 0 radical (unpaired) electrons. The van der Waals surface area contributed by atoms with Crippen molar-refractivity contribution < 1.29 is 9.47 Å². The molecule has 2 fully saturated rings. The fraction of sp³-hybridized carbons (Fsp3) is 0.786. The molecule has 0 aliphatic carbocycles. The first kappa shape index (κ1) is 13.1. The highest BCUT2D eigenvalue weighted by Crippen LogP contribution is 2.27. The van der Waals surface area contributed by atoms with Gasteiger partial charge in [0.15, 0.2) is 0 Å². The standard InChI is InChI=1S/C14H23N3O2/c15-14(11-4-6-18-9-11)13-7-16-10-17(13)8-12-3-1-2-5-19-12/h7,10-12,14H,1-6,8-9,15H2. The van der Waals surface area contributed by atoms with E-state index in [0.717, 1.165) is 44.9 Å². The molecule has 0 spiro atoms. The number of hydrogen-bond donors (Lipinski definition) is 1. The van der Waals surface area contributed by atoms with E-state index < -0.39 is 0 Å². The van der Waals surface area contributed by atoms with Crippen molar-refractivity contribution in [2.24, 2.45) is 11.7 Å². The Morgan fingerprint density at radius 1 is 1.37 bits per heavy atom. The minimum absolute atomic E-state index is 0.0218. The average molecular weight is 265 g/mol. The molecule has 1 aromatic rings. The lowest BCUT2D eigenvalue weighted by Gasteiger charge is -2.25. The van der Waals surface area contributed by atoms with E-state index in [0.29, 0.717) is 12.0 Å². The van der Waals surface area contributed by atoms with E-state index in [2.05, 4.69) is 9.55 Å². The maximum absolute atomic E-state index is 6.37. The van der Waals surface area contributed by atoms with E-state index in [9.17, 15) is 0 Å². The van der Waals surface area contributed by atoms with Crippen molar-refractivity contribution >= 4 is 0 Å². The highest BCUT2D eigenvalue weighted by molar-refractivity contribution is 5.07. The second kappa shape index (κ2) is 6.03. The van der Waals surface area contributed by atoms with Crippen molar-refractivity contribution in [3.63, 3.8) is 0 Å². The molecule has 3 atom stereocenters. The number of rotatable bonds is 4. The van der Waals surface area contributed by atoms with E-state index in [1.807, 2.05) is 12.5 Å². The zero-order chi connectivity index (χ0) is 13.1. The van der Waals surface area contributed by atoms with Crippen molar-refractivity contribution in [2.45, 2.75) is 44.4 Å². The number of nitrogens with zero attached hydrogens (tertiary/aromatic N) is 2. The Bertz CT molecular complexity index is 395. The number of nitrogens with two attached hydrogens (primary N) is 1. The monoisotopic (exact) mass is 265 g/mol. The first-order chi connectivity index (χ1) is 9.34. The van der Waals surface area contributed by atoms with Gasteiger partial charge in [0, 0.05) is 25.3 Å². The summed E-state index contributed by atoms with van der Waals surface area (Å²) in [5, 5.41) is 0. The lowest BCUT2D eigenvalue weighted by Crippen LogP contribution is -2.28. The number of aromatic nitrogens is 2. The van der Waals surface area contributed by atoms with E-state index >= 15 is 0 Å². The van der Waals surface area contributed by atoms with Crippen molar-refractivity contribution in [1.82, 2.24) is 9.55 Å². The summed E-state index contributed by atoms with van der Waals surface area (Å²) in [6.45, 7) is 3.36. The van der Waals surface area contributed by atoms with Gasteiger partial charge in [-0.05, 0) is 25.7 Å². The summed E-state index contributed by atoms with van der Waals surface area (Å²) in [4.78, 5) is 4.27. The third-order valence-corrected chi connectivity index (χ3v) is 4.23. The van der Waals surface area contributed by atoms with Crippen LogP contribution in [0.3, 0.4) is 0 Å². The summed E-state index contributed by atoms with van der Waals surface area (Å²) in [6, 6.07) is 0.0218. The molecule has 3 unspecified atom stereocenters. The lowest BCUT2D eigenvalue weighted by molar-refractivity contribution is 0.00530. The molecule has 0 bridgehead atoms. The van der Waals surface area contributed by atoms with Gasteiger partial charge in [0.05, 0.1) is 37.3 Å². The van der Waals surface area contributed by atoms with Crippen LogP contribution in [0.25, 0.3) is 0 Å². The van der Waals surface area contributed by atoms with Gasteiger partial charge in [-0.25, -0.2) is 4.98 Å². The quantitative estimate of drug-likeness (QED) is 0.896. The van der Waals surface area contributed by atoms with Crippen LogP contribution >= 0.6 is 0 Å². The van der Waals surface area contributed by atoms with Crippen molar-refractivity contribution in [1.29, 1.82) is 0 Å². The van der Waals surface area contributed by atoms with Gasteiger partial charge in [-0.1, -0.05) is 0 Å². The Hall–Kier alpha value is -0.910. The summed E-state index contributed by atoms with van der Waals surface area (Å²) in [7, 11) is 0.